The Morgan fingerprint density at radius 2 is 1.25 bits per heavy atom. The zero-order valence-electron chi connectivity index (χ0n) is 29.2. The highest BCUT2D eigenvalue weighted by atomic mass is 16.6. The highest BCUT2D eigenvalue weighted by Crippen LogP contribution is 2.29. The van der Waals surface area contributed by atoms with E-state index < -0.39 is 16.9 Å². The zero-order chi connectivity index (χ0) is 34.7. The highest BCUT2D eigenvalue weighted by molar-refractivity contribution is 5.93. The van der Waals surface area contributed by atoms with Crippen molar-refractivity contribution in [3.05, 3.63) is 93.5 Å². The second-order valence-corrected chi connectivity index (χ2v) is 13.2. The molecule has 3 aromatic carbocycles. The van der Waals surface area contributed by atoms with Gasteiger partial charge in [-0.3, -0.25) is 10.1 Å². The Kier molecular flexibility index (Phi) is 16.7. The van der Waals surface area contributed by atoms with E-state index in [2.05, 4.69) is 27.7 Å². The fourth-order valence-corrected chi connectivity index (χ4v) is 5.47. The highest BCUT2D eigenvalue weighted by Gasteiger charge is 2.20. The van der Waals surface area contributed by atoms with Gasteiger partial charge in [0, 0.05) is 6.07 Å². The predicted octanol–water partition coefficient (Wildman–Crippen LogP) is 10.9. The average molecular weight is 660 g/mol. The lowest BCUT2D eigenvalue weighted by Gasteiger charge is -2.12. The molecule has 3 rings (SSSR count). The zero-order valence-corrected chi connectivity index (χ0v) is 29.2. The third-order valence-electron chi connectivity index (χ3n) is 8.49. The molecular formula is C40H53NO7. The number of hydrogen-bond donors (Lipinski definition) is 0. The smallest absolute Gasteiger partial charge is 0.343 e. The molecule has 0 amide bonds. The van der Waals surface area contributed by atoms with E-state index in [4.69, 9.17) is 14.2 Å². The van der Waals surface area contributed by atoms with Crippen molar-refractivity contribution in [3.63, 3.8) is 0 Å². The maximum Gasteiger partial charge on any atom is 0.343 e. The van der Waals surface area contributed by atoms with E-state index in [1.807, 2.05) is 12.1 Å². The molecule has 0 N–H and O–H groups in total. The Hall–Kier alpha value is -4.20. The Bertz CT molecular complexity index is 1420. The van der Waals surface area contributed by atoms with Crippen molar-refractivity contribution in [2.75, 3.05) is 6.61 Å². The number of hydrogen-bond acceptors (Lipinski definition) is 7. The minimum atomic E-state index is -0.756. The quantitative estimate of drug-likeness (QED) is 0.0347. The minimum absolute atomic E-state index is 0.0219. The average Bonchev–Trinajstić information content (AvgIpc) is 3.07. The fraction of sp³-hybridized carbons (Fsp3) is 0.500. The molecule has 1 atom stereocenters. The Morgan fingerprint density at radius 3 is 1.85 bits per heavy atom. The second kappa shape index (κ2) is 20.9. The van der Waals surface area contributed by atoms with Gasteiger partial charge >= 0.3 is 17.6 Å². The topological polar surface area (TPSA) is 105 Å². The molecule has 0 aromatic heterocycles. The van der Waals surface area contributed by atoms with Gasteiger partial charge in [-0.1, -0.05) is 104 Å². The molecule has 0 aliphatic carbocycles. The van der Waals surface area contributed by atoms with Crippen LogP contribution < -0.4 is 14.2 Å². The standard InChI is InChI=1S/C40H53NO7/c1-5-6-7-8-9-10-11-12-28-46-38-27-22-34(29-37(38)41(44)45)40(43)48-36-25-20-33(21-26-36)39(42)47-35-23-18-32(19-24-35)17-16-31(4)15-13-14-30(2)3/h18-27,29-31H,5-17,28H2,1-4H3/t31-/m0/s1. The predicted molar refractivity (Wildman–Crippen MR) is 190 cm³/mol. The monoisotopic (exact) mass is 659 g/mol. The number of carbonyl (C=O) groups excluding carboxylic acids is 2. The van der Waals surface area contributed by atoms with Gasteiger partial charge in [0.05, 0.1) is 22.7 Å². The largest absolute Gasteiger partial charge is 0.487 e. The van der Waals surface area contributed by atoms with Crippen molar-refractivity contribution in [1.29, 1.82) is 0 Å². The van der Waals surface area contributed by atoms with Crippen molar-refractivity contribution in [2.24, 2.45) is 11.8 Å². The molecule has 8 nitrogen and oxygen atoms in total. The van der Waals surface area contributed by atoms with Gasteiger partial charge in [0.2, 0.25) is 0 Å². The van der Waals surface area contributed by atoms with Gasteiger partial charge in [-0.05, 0) is 85.2 Å². The van der Waals surface area contributed by atoms with Crippen molar-refractivity contribution >= 4 is 17.6 Å². The van der Waals surface area contributed by atoms with E-state index in [0.29, 0.717) is 23.8 Å². The summed E-state index contributed by atoms with van der Waals surface area (Å²) in [5.41, 5.74) is 1.24. The molecule has 0 aliphatic heterocycles. The maximum absolute atomic E-state index is 12.8. The van der Waals surface area contributed by atoms with Gasteiger partial charge in [-0.15, -0.1) is 0 Å². The summed E-state index contributed by atoms with van der Waals surface area (Å²) in [6, 6.07) is 17.6. The van der Waals surface area contributed by atoms with Crippen LogP contribution >= 0.6 is 0 Å². The number of nitro groups is 1. The van der Waals surface area contributed by atoms with Crippen LogP contribution in [0, 0.1) is 22.0 Å². The third-order valence-corrected chi connectivity index (χ3v) is 8.49. The van der Waals surface area contributed by atoms with Crippen molar-refractivity contribution in [1.82, 2.24) is 0 Å². The van der Waals surface area contributed by atoms with Gasteiger partial charge in [-0.25, -0.2) is 9.59 Å². The number of rotatable bonds is 22. The van der Waals surface area contributed by atoms with E-state index in [1.165, 1.54) is 93.3 Å². The summed E-state index contributed by atoms with van der Waals surface area (Å²) < 4.78 is 16.6. The van der Waals surface area contributed by atoms with Crippen LogP contribution in [-0.2, 0) is 6.42 Å². The molecule has 0 aliphatic rings. The summed E-state index contributed by atoms with van der Waals surface area (Å²) in [5, 5.41) is 11.7. The molecule has 260 valence electrons. The lowest BCUT2D eigenvalue weighted by Crippen LogP contribution is -2.11. The SMILES string of the molecule is CCCCCCCCCCOc1ccc(C(=O)Oc2ccc(C(=O)Oc3ccc(CC[C@@H](C)CCCC(C)C)cc3)cc2)cc1[N+](=O)[O-]. The number of benzene rings is 3. The molecule has 0 spiro atoms. The van der Waals surface area contributed by atoms with E-state index in [9.17, 15) is 19.7 Å². The van der Waals surface area contributed by atoms with E-state index in [-0.39, 0.29) is 22.7 Å². The van der Waals surface area contributed by atoms with Gasteiger partial charge in [0.25, 0.3) is 0 Å². The lowest BCUT2D eigenvalue weighted by atomic mass is 9.94. The number of carbonyl (C=O) groups is 2. The molecular weight excluding hydrogens is 606 g/mol. The van der Waals surface area contributed by atoms with Gasteiger partial charge in [-0.2, -0.15) is 0 Å². The molecule has 0 radical (unpaired) electrons. The van der Waals surface area contributed by atoms with Crippen molar-refractivity contribution in [2.45, 2.75) is 111 Å². The maximum atomic E-state index is 12.8. The molecule has 0 fully saturated rings. The van der Waals surface area contributed by atoms with Crippen LogP contribution in [0.1, 0.15) is 131 Å². The van der Waals surface area contributed by atoms with E-state index in [0.717, 1.165) is 44.1 Å². The lowest BCUT2D eigenvalue weighted by molar-refractivity contribution is -0.385. The van der Waals surface area contributed by atoms with Crippen LogP contribution in [0.15, 0.2) is 66.7 Å². The number of nitro benzene ring substituents is 1. The first-order valence-corrected chi connectivity index (χ1v) is 17.7. The van der Waals surface area contributed by atoms with Crippen LogP contribution in [0.25, 0.3) is 0 Å². The number of unbranched alkanes of at least 4 members (excludes halogenated alkanes) is 7. The first-order chi connectivity index (χ1) is 23.2. The molecule has 0 unspecified atom stereocenters. The molecule has 0 saturated carbocycles. The number of nitrogens with zero attached hydrogens (tertiary/aromatic N) is 1. The van der Waals surface area contributed by atoms with Crippen molar-refractivity contribution < 1.29 is 28.7 Å². The summed E-state index contributed by atoms with van der Waals surface area (Å²) in [6.07, 6.45) is 15.0. The molecule has 3 aromatic rings. The van der Waals surface area contributed by atoms with Crippen LogP contribution in [0.2, 0.25) is 0 Å². The molecule has 48 heavy (non-hydrogen) atoms. The molecule has 0 saturated heterocycles. The summed E-state index contributed by atoms with van der Waals surface area (Å²) in [5.74, 6) is 0.911. The summed E-state index contributed by atoms with van der Waals surface area (Å²) in [6.45, 7) is 9.40. The summed E-state index contributed by atoms with van der Waals surface area (Å²) in [7, 11) is 0. The van der Waals surface area contributed by atoms with Crippen LogP contribution in [0.5, 0.6) is 17.2 Å². The third kappa shape index (κ3) is 13.9. The van der Waals surface area contributed by atoms with Crippen LogP contribution in [0.3, 0.4) is 0 Å². The van der Waals surface area contributed by atoms with Gasteiger partial charge < -0.3 is 14.2 Å². The van der Waals surface area contributed by atoms with Gasteiger partial charge in [0.15, 0.2) is 5.75 Å². The van der Waals surface area contributed by atoms with Gasteiger partial charge in [0.1, 0.15) is 11.5 Å². The second-order valence-electron chi connectivity index (χ2n) is 13.2. The number of aryl methyl sites for hydroxylation is 1. The first-order valence-electron chi connectivity index (χ1n) is 17.7. The normalized spacial score (nSPS) is 11.7. The molecule has 0 bridgehead atoms. The molecule has 0 heterocycles. The number of esters is 2. The Morgan fingerprint density at radius 1 is 0.688 bits per heavy atom. The van der Waals surface area contributed by atoms with E-state index >= 15 is 0 Å². The molecule has 8 heteroatoms. The summed E-state index contributed by atoms with van der Waals surface area (Å²) >= 11 is 0. The summed E-state index contributed by atoms with van der Waals surface area (Å²) in [4.78, 5) is 36.6. The Labute approximate surface area is 286 Å². The van der Waals surface area contributed by atoms with Crippen LogP contribution in [-0.4, -0.2) is 23.5 Å². The van der Waals surface area contributed by atoms with Crippen LogP contribution in [0.4, 0.5) is 5.69 Å². The Balaban J connectivity index is 1.46. The minimum Gasteiger partial charge on any atom is -0.487 e. The van der Waals surface area contributed by atoms with Crippen molar-refractivity contribution in [3.8, 4) is 17.2 Å². The van der Waals surface area contributed by atoms with E-state index in [1.54, 1.807) is 12.1 Å². The first kappa shape index (κ1) is 38.2. The number of ether oxygens (including phenoxy) is 3. The fourth-order valence-electron chi connectivity index (χ4n) is 5.47.